The second kappa shape index (κ2) is 9.20. The van der Waals surface area contributed by atoms with E-state index in [-0.39, 0.29) is 0 Å². The lowest BCUT2D eigenvalue weighted by atomic mass is 10.0. The molecule has 1 aromatic rings. The fourth-order valence-corrected chi connectivity index (χ4v) is 2.09. The summed E-state index contributed by atoms with van der Waals surface area (Å²) in [5, 5.41) is 3.52. The van der Waals surface area contributed by atoms with E-state index in [9.17, 15) is 0 Å². The Hall–Kier alpha value is -0.860. The summed E-state index contributed by atoms with van der Waals surface area (Å²) in [6, 6.07) is 11.3. The van der Waals surface area contributed by atoms with E-state index in [0.717, 1.165) is 19.6 Å². The molecule has 0 aliphatic heterocycles. The summed E-state index contributed by atoms with van der Waals surface area (Å²) in [6.07, 6.45) is 4.76. The lowest BCUT2D eigenvalue weighted by Crippen LogP contribution is -2.30. The van der Waals surface area contributed by atoms with Crippen LogP contribution in [0.25, 0.3) is 0 Å². The third-order valence-corrected chi connectivity index (χ3v) is 3.02. The lowest BCUT2D eigenvalue weighted by Gasteiger charge is -2.17. The van der Waals surface area contributed by atoms with Gasteiger partial charge in [-0.05, 0) is 37.8 Å². The van der Waals surface area contributed by atoms with Crippen LogP contribution in [-0.4, -0.2) is 26.3 Å². The molecule has 1 rings (SSSR count). The topological polar surface area (TPSA) is 21.3 Å². The number of aryl methyl sites for hydroxylation is 1. The van der Waals surface area contributed by atoms with Crippen LogP contribution in [0, 0.1) is 0 Å². The number of rotatable bonds is 9. The Morgan fingerprint density at radius 3 is 2.59 bits per heavy atom. The molecule has 0 aromatic heterocycles. The Kier molecular flexibility index (Phi) is 7.69. The van der Waals surface area contributed by atoms with E-state index in [0.29, 0.717) is 6.04 Å². The minimum absolute atomic E-state index is 0.601. The molecule has 0 spiro atoms. The van der Waals surface area contributed by atoms with Gasteiger partial charge in [-0.25, -0.2) is 0 Å². The minimum Gasteiger partial charge on any atom is -0.385 e. The molecule has 2 heteroatoms. The van der Waals surface area contributed by atoms with E-state index in [2.05, 4.69) is 42.6 Å². The summed E-state index contributed by atoms with van der Waals surface area (Å²) < 4.78 is 5.14. The van der Waals surface area contributed by atoms with Gasteiger partial charge in [0, 0.05) is 19.8 Å². The Bertz CT molecular complexity index is 274. The molecule has 0 radical (unpaired) electrons. The molecule has 0 fully saturated rings. The molecule has 1 aromatic carbocycles. The van der Waals surface area contributed by atoms with Gasteiger partial charge in [-0.15, -0.1) is 0 Å². The number of methoxy groups -OCH3 is 1. The maximum Gasteiger partial charge on any atom is 0.0477 e. The molecule has 1 N–H and O–H groups in total. The maximum atomic E-state index is 5.14. The van der Waals surface area contributed by atoms with Gasteiger partial charge in [-0.2, -0.15) is 0 Å². The van der Waals surface area contributed by atoms with Crippen LogP contribution in [-0.2, 0) is 11.2 Å². The molecule has 0 saturated carbocycles. The molecule has 0 aliphatic carbocycles. The molecule has 96 valence electrons. The second-order valence-electron chi connectivity index (χ2n) is 4.41. The monoisotopic (exact) mass is 235 g/mol. The van der Waals surface area contributed by atoms with Crippen LogP contribution in [0.2, 0.25) is 0 Å². The first kappa shape index (κ1) is 14.2. The van der Waals surface area contributed by atoms with E-state index in [1.165, 1.54) is 24.8 Å². The Morgan fingerprint density at radius 2 is 1.94 bits per heavy atom. The smallest absolute Gasteiger partial charge is 0.0477 e. The van der Waals surface area contributed by atoms with Crippen molar-refractivity contribution >= 4 is 0 Å². The largest absolute Gasteiger partial charge is 0.385 e. The highest BCUT2D eigenvalue weighted by atomic mass is 16.5. The first-order valence-corrected chi connectivity index (χ1v) is 6.63. The fraction of sp³-hybridized carbons (Fsp3) is 0.600. The van der Waals surface area contributed by atoms with E-state index >= 15 is 0 Å². The van der Waals surface area contributed by atoms with Crippen molar-refractivity contribution in [3.63, 3.8) is 0 Å². The number of hydrogen-bond donors (Lipinski definition) is 1. The van der Waals surface area contributed by atoms with Crippen LogP contribution in [0.4, 0.5) is 0 Å². The highest BCUT2D eigenvalue weighted by Crippen LogP contribution is 2.08. The SMILES string of the molecule is CCNC(CCCc1ccccc1)CCOC. The quantitative estimate of drug-likeness (QED) is 0.710. The standard InChI is InChI=1S/C15H25NO/c1-3-16-15(12-13-17-2)11-7-10-14-8-5-4-6-9-14/h4-6,8-9,15-16H,3,7,10-13H2,1-2H3. The predicted octanol–water partition coefficient (Wildman–Crippen LogP) is 3.02. The van der Waals surface area contributed by atoms with Crippen LogP contribution in [0.3, 0.4) is 0 Å². The number of hydrogen-bond acceptors (Lipinski definition) is 2. The molecule has 0 bridgehead atoms. The first-order chi connectivity index (χ1) is 8.36. The zero-order chi connectivity index (χ0) is 12.3. The van der Waals surface area contributed by atoms with Crippen LogP contribution in [0.5, 0.6) is 0 Å². The summed E-state index contributed by atoms with van der Waals surface area (Å²) in [5.41, 5.74) is 1.44. The van der Waals surface area contributed by atoms with Crippen LogP contribution in [0.15, 0.2) is 30.3 Å². The summed E-state index contributed by atoms with van der Waals surface area (Å²) in [6.45, 7) is 4.06. The molecule has 1 unspecified atom stereocenters. The van der Waals surface area contributed by atoms with Gasteiger partial charge in [0.05, 0.1) is 0 Å². The molecule has 0 heterocycles. The molecule has 0 amide bonds. The van der Waals surface area contributed by atoms with Crippen LogP contribution in [0.1, 0.15) is 31.7 Å². The summed E-state index contributed by atoms with van der Waals surface area (Å²) in [5.74, 6) is 0. The summed E-state index contributed by atoms with van der Waals surface area (Å²) in [7, 11) is 1.77. The molecule has 1 atom stereocenters. The summed E-state index contributed by atoms with van der Waals surface area (Å²) in [4.78, 5) is 0. The first-order valence-electron chi connectivity index (χ1n) is 6.63. The number of ether oxygens (including phenoxy) is 1. The Labute approximate surface area is 105 Å². The van der Waals surface area contributed by atoms with Crippen molar-refractivity contribution in [2.24, 2.45) is 0 Å². The fourth-order valence-electron chi connectivity index (χ4n) is 2.09. The molecule has 17 heavy (non-hydrogen) atoms. The number of benzene rings is 1. The van der Waals surface area contributed by atoms with E-state index < -0.39 is 0 Å². The van der Waals surface area contributed by atoms with Crippen molar-refractivity contribution in [3.8, 4) is 0 Å². The van der Waals surface area contributed by atoms with Gasteiger partial charge in [0.2, 0.25) is 0 Å². The Balaban J connectivity index is 2.22. The van der Waals surface area contributed by atoms with Gasteiger partial charge in [-0.1, -0.05) is 37.3 Å². The molecule has 0 aliphatic rings. The highest BCUT2D eigenvalue weighted by molar-refractivity contribution is 5.14. The van der Waals surface area contributed by atoms with Gasteiger partial charge < -0.3 is 10.1 Å². The average molecular weight is 235 g/mol. The zero-order valence-electron chi connectivity index (χ0n) is 11.1. The van der Waals surface area contributed by atoms with Gasteiger partial charge >= 0.3 is 0 Å². The summed E-state index contributed by atoms with van der Waals surface area (Å²) >= 11 is 0. The van der Waals surface area contributed by atoms with Crippen LogP contribution < -0.4 is 5.32 Å². The number of nitrogens with one attached hydrogen (secondary N) is 1. The second-order valence-corrected chi connectivity index (χ2v) is 4.41. The van der Waals surface area contributed by atoms with Crippen molar-refractivity contribution in [2.45, 2.75) is 38.6 Å². The minimum atomic E-state index is 0.601. The average Bonchev–Trinajstić information content (AvgIpc) is 2.37. The van der Waals surface area contributed by atoms with Gasteiger partial charge in [-0.3, -0.25) is 0 Å². The third-order valence-electron chi connectivity index (χ3n) is 3.02. The van der Waals surface area contributed by atoms with Gasteiger partial charge in [0.25, 0.3) is 0 Å². The normalized spacial score (nSPS) is 12.6. The van der Waals surface area contributed by atoms with Crippen molar-refractivity contribution < 1.29 is 4.74 Å². The van der Waals surface area contributed by atoms with Crippen molar-refractivity contribution in [2.75, 3.05) is 20.3 Å². The van der Waals surface area contributed by atoms with Crippen molar-refractivity contribution in [1.29, 1.82) is 0 Å². The van der Waals surface area contributed by atoms with Crippen molar-refractivity contribution in [1.82, 2.24) is 5.32 Å². The van der Waals surface area contributed by atoms with Gasteiger partial charge in [0.15, 0.2) is 0 Å². The molecular weight excluding hydrogens is 210 g/mol. The maximum absolute atomic E-state index is 5.14. The van der Waals surface area contributed by atoms with Gasteiger partial charge in [0.1, 0.15) is 0 Å². The molecular formula is C15H25NO. The van der Waals surface area contributed by atoms with Crippen LogP contribution >= 0.6 is 0 Å². The third kappa shape index (κ3) is 6.44. The van der Waals surface area contributed by atoms with E-state index in [1.54, 1.807) is 7.11 Å². The zero-order valence-corrected chi connectivity index (χ0v) is 11.1. The van der Waals surface area contributed by atoms with Crippen molar-refractivity contribution in [3.05, 3.63) is 35.9 Å². The van der Waals surface area contributed by atoms with E-state index in [1.807, 2.05) is 0 Å². The predicted molar refractivity (Wildman–Crippen MR) is 73.3 cm³/mol. The molecule has 0 saturated heterocycles. The van der Waals surface area contributed by atoms with E-state index in [4.69, 9.17) is 4.74 Å². The highest BCUT2D eigenvalue weighted by Gasteiger charge is 2.06. The lowest BCUT2D eigenvalue weighted by molar-refractivity contribution is 0.181. The Morgan fingerprint density at radius 1 is 1.18 bits per heavy atom. The molecule has 2 nitrogen and oxygen atoms in total.